The van der Waals surface area contributed by atoms with Gasteiger partial charge >= 0.3 is 5.97 Å². The number of carbonyl (C=O) groups is 1. The summed E-state index contributed by atoms with van der Waals surface area (Å²) in [6, 6.07) is 0.627. The maximum absolute atomic E-state index is 11.9. The van der Waals surface area contributed by atoms with Crippen LogP contribution in [0.4, 0.5) is 0 Å². The van der Waals surface area contributed by atoms with Gasteiger partial charge in [-0.1, -0.05) is 27.7 Å². The van der Waals surface area contributed by atoms with Crippen LogP contribution in [-0.2, 0) is 9.53 Å². The number of esters is 1. The lowest BCUT2D eigenvalue weighted by Gasteiger charge is -2.39. The summed E-state index contributed by atoms with van der Waals surface area (Å²) >= 11 is 0. The van der Waals surface area contributed by atoms with Gasteiger partial charge in [-0.25, -0.2) is 0 Å². The van der Waals surface area contributed by atoms with Gasteiger partial charge in [0.05, 0.1) is 7.11 Å². The average molecular weight is 284 g/mol. The summed E-state index contributed by atoms with van der Waals surface area (Å²) in [5, 5.41) is 3.30. The topological polar surface area (TPSA) is 41.6 Å². The molecule has 4 nitrogen and oxygen atoms in total. The Balaban J connectivity index is 2.53. The standard InChI is InChI=1S/C16H32N2O2/c1-12(2)17-14(15(19)20-6)11-18(5)13-7-9-16(3,4)10-8-13/h12-14,17H,7-11H2,1-6H3. The van der Waals surface area contributed by atoms with Crippen molar-refractivity contribution in [3.8, 4) is 0 Å². The second-order valence-electron chi connectivity index (χ2n) is 7.23. The van der Waals surface area contributed by atoms with Crippen LogP contribution in [0.1, 0.15) is 53.4 Å². The second kappa shape index (κ2) is 7.41. The molecule has 1 rings (SSSR count). The summed E-state index contributed by atoms with van der Waals surface area (Å²) in [6.45, 7) is 9.52. The fourth-order valence-electron chi connectivity index (χ4n) is 3.00. The molecule has 0 aromatic rings. The number of carbonyl (C=O) groups excluding carboxylic acids is 1. The van der Waals surface area contributed by atoms with Crippen LogP contribution in [0.5, 0.6) is 0 Å². The number of rotatable bonds is 6. The van der Waals surface area contributed by atoms with Crippen molar-refractivity contribution in [3.05, 3.63) is 0 Å². The van der Waals surface area contributed by atoms with Crippen LogP contribution in [0.15, 0.2) is 0 Å². The van der Waals surface area contributed by atoms with Gasteiger partial charge in [0.15, 0.2) is 0 Å². The molecule has 0 amide bonds. The number of likely N-dealkylation sites (N-methyl/N-ethyl adjacent to an activating group) is 1. The van der Waals surface area contributed by atoms with E-state index in [2.05, 4.69) is 45.0 Å². The molecule has 0 bridgehead atoms. The number of ether oxygens (including phenoxy) is 1. The van der Waals surface area contributed by atoms with Gasteiger partial charge in [0.2, 0.25) is 0 Å². The largest absolute Gasteiger partial charge is 0.468 e. The monoisotopic (exact) mass is 284 g/mol. The fourth-order valence-corrected chi connectivity index (χ4v) is 3.00. The lowest BCUT2D eigenvalue weighted by Crippen LogP contribution is -2.51. The first-order valence-corrected chi connectivity index (χ1v) is 7.79. The molecule has 1 aliphatic carbocycles. The molecule has 0 radical (unpaired) electrons. The summed E-state index contributed by atoms with van der Waals surface area (Å²) in [4.78, 5) is 14.2. The zero-order valence-electron chi connectivity index (χ0n) is 14.0. The average Bonchev–Trinajstić information content (AvgIpc) is 2.36. The molecule has 118 valence electrons. The van der Waals surface area contributed by atoms with Crippen molar-refractivity contribution in [2.24, 2.45) is 5.41 Å². The predicted molar refractivity (Wildman–Crippen MR) is 82.7 cm³/mol. The lowest BCUT2D eigenvalue weighted by atomic mass is 9.75. The summed E-state index contributed by atoms with van der Waals surface area (Å²) in [7, 11) is 3.58. The molecule has 1 N–H and O–H groups in total. The normalized spacial score (nSPS) is 21.2. The third-order valence-corrected chi connectivity index (χ3v) is 4.42. The molecule has 20 heavy (non-hydrogen) atoms. The zero-order chi connectivity index (χ0) is 15.3. The Morgan fingerprint density at radius 3 is 2.35 bits per heavy atom. The molecule has 1 atom stereocenters. The van der Waals surface area contributed by atoms with Crippen LogP contribution >= 0.6 is 0 Å². The van der Waals surface area contributed by atoms with E-state index in [1.165, 1.54) is 32.8 Å². The number of methoxy groups -OCH3 is 1. The Hall–Kier alpha value is -0.610. The number of hydrogen-bond donors (Lipinski definition) is 1. The summed E-state index contributed by atoms with van der Waals surface area (Å²) < 4.78 is 4.91. The number of nitrogens with zero attached hydrogens (tertiary/aromatic N) is 1. The van der Waals surface area contributed by atoms with E-state index in [0.717, 1.165) is 6.54 Å². The van der Waals surface area contributed by atoms with Crippen molar-refractivity contribution in [1.29, 1.82) is 0 Å². The Kier molecular flexibility index (Phi) is 6.46. The molecule has 0 saturated heterocycles. The molecule has 0 aromatic heterocycles. The molecule has 0 spiro atoms. The first-order valence-electron chi connectivity index (χ1n) is 7.79. The van der Waals surface area contributed by atoms with Crippen LogP contribution in [0.2, 0.25) is 0 Å². The third-order valence-electron chi connectivity index (χ3n) is 4.42. The van der Waals surface area contributed by atoms with Crippen molar-refractivity contribution >= 4 is 5.97 Å². The molecule has 0 aromatic carbocycles. The Bertz CT molecular complexity index is 306. The Morgan fingerprint density at radius 2 is 1.90 bits per heavy atom. The summed E-state index contributed by atoms with van der Waals surface area (Å²) in [5.41, 5.74) is 0.481. The molecule has 1 aliphatic rings. The molecule has 1 saturated carbocycles. The highest BCUT2D eigenvalue weighted by Gasteiger charge is 2.31. The minimum Gasteiger partial charge on any atom is -0.468 e. The fraction of sp³-hybridized carbons (Fsp3) is 0.938. The lowest BCUT2D eigenvalue weighted by molar-refractivity contribution is -0.144. The Morgan fingerprint density at radius 1 is 1.35 bits per heavy atom. The van der Waals surface area contributed by atoms with Crippen molar-refractivity contribution < 1.29 is 9.53 Å². The SMILES string of the molecule is COC(=O)C(CN(C)C1CCC(C)(C)CC1)NC(C)C. The summed E-state index contributed by atoms with van der Waals surface area (Å²) in [6.07, 6.45) is 4.98. The van der Waals surface area contributed by atoms with Crippen LogP contribution in [-0.4, -0.2) is 49.7 Å². The molecular formula is C16H32N2O2. The quantitative estimate of drug-likeness (QED) is 0.761. The van der Waals surface area contributed by atoms with Gasteiger partial charge in [-0.2, -0.15) is 0 Å². The first-order chi connectivity index (χ1) is 9.25. The van der Waals surface area contributed by atoms with Gasteiger partial charge in [0.1, 0.15) is 6.04 Å². The van der Waals surface area contributed by atoms with Crippen LogP contribution in [0.3, 0.4) is 0 Å². The van der Waals surface area contributed by atoms with E-state index < -0.39 is 0 Å². The van der Waals surface area contributed by atoms with Crippen molar-refractivity contribution in [1.82, 2.24) is 10.2 Å². The van der Waals surface area contributed by atoms with E-state index >= 15 is 0 Å². The zero-order valence-corrected chi connectivity index (χ0v) is 14.0. The third kappa shape index (κ3) is 5.41. The van der Waals surface area contributed by atoms with Gasteiger partial charge in [-0.15, -0.1) is 0 Å². The van der Waals surface area contributed by atoms with Crippen LogP contribution < -0.4 is 5.32 Å². The highest BCUT2D eigenvalue weighted by Crippen LogP contribution is 2.36. The molecule has 1 unspecified atom stereocenters. The van der Waals surface area contributed by atoms with E-state index in [0.29, 0.717) is 11.5 Å². The van der Waals surface area contributed by atoms with Gasteiger partial charge < -0.3 is 15.0 Å². The molecule has 0 aliphatic heterocycles. The van der Waals surface area contributed by atoms with E-state index in [-0.39, 0.29) is 18.1 Å². The second-order valence-corrected chi connectivity index (χ2v) is 7.23. The Labute approximate surface area is 124 Å². The number of hydrogen-bond acceptors (Lipinski definition) is 4. The van der Waals surface area contributed by atoms with Gasteiger partial charge in [0.25, 0.3) is 0 Å². The van der Waals surface area contributed by atoms with Crippen molar-refractivity contribution in [3.63, 3.8) is 0 Å². The van der Waals surface area contributed by atoms with E-state index in [9.17, 15) is 4.79 Å². The predicted octanol–water partition coefficient (Wildman–Crippen LogP) is 2.43. The van der Waals surface area contributed by atoms with E-state index in [1.54, 1.807) is 0 Å². The molecule has 1 fully saturated rings. The van der Waals surface area contributed by atoms with E-state index in [4.69, 9.17) is 4.74 Å². The first kappa shape index (κ1) is 17.4. The van der Waals surface area contributed by atoms with Crippen LogP contribution in [0.25, 0.3) is 0 Å². The highest BCUT2D eigenvalue weighted by molar-refractivity contribution is 5.76. The van der Waals surface area contributed by atoms with Gasteiger partial charge in [0, 0.05) is 18.6 Å². The minimum atomic E-state index is -0.236. The van der Waals surface area contributed by atoms with Crippen molar-refractivity contribution in [2.75, 3.05) is 20.7 Å². The summed E-state index contributed by atoms with van der Waals surface area (Å²) in [5.74, 6) is -0.165. The van der Waals surface area contributed by atoms with Gasteiger partial charge in [-0.05, 0) is 38.1 Å². The van der Waals surface area contributed by atoms with E-state index in [1.807, 2.05) is 0 Å². The van der Waals surface area contributed by atoms with Gasteiger partial charge in [-0.3, -0.25) is 4.79 Å². The number of nitrogens with one attached hydrogen (secondary N) is 1. The smallest absolute Gasteiger partial charge is 0.324 e. The maximum Gasteiger partial charge on any atom is 0.324 e. The molecular weight excluding hydrogens is 252 g/mol. The van der Waals surface area contributed by atoms with Crippen molar-refractivity contribution in [2.45, 2.75) is 71.5 Å². The minimum absolute atomic E-state index is 0.165. The molecule has 4 heteroatoms. The molecule has 0 heterocycles. The van der Waals surface area contributed by atoms with Crippen LogP contribution in [0, 0.1) is 5.41 Å². The highest BCUT2D eigenvalue weighted by atomic mass is 16.5. The maximum atomic E-state index is 11.9.